The van der Waals surface area contributed by atoms with Crippen LogP contribution in [-0.2, 0) is 15.9 Å². The Hall–Kier alpha value is -3.22. The SMILES string of the molecule is CCC1(COCCCCCCOc2ccc(C(=O)Oc3ccc4c(c3)Cc3cc(F)ccc3-4)cc2)COC1. The number of hydrogen-bond acceptors (Lipinski definition) is 5. The fourth-order valence-corrected chi connectivity index (χ4v) is 4.99. The molecule has 200 valence electrons. The molecule has 2 aliphatic rings. The van der Waals surface area contributed by atoms with E-state index in [-0.39, 0.29) is 11.2 Å². The summed E-state index contributed by atoms with van der Waals surface area (Å²) in [4.78, 5) is 12.7. The van der Waals surface area contributed by atoms with Gasteiger partial charge in [-0.05, 0) is 103 Å². The average Bonchev–Trinajstić information content (AvgIpc) is 3.26. The second kappa shape index (κ2) is 12.1. The molecule has 1 heterocycles. The minimum Gasteiger partial charge on any atom is -0.494 e. The second-order valence-electron chi connectivity index (χ2n) is 10.4. The van der Waals surface area contributed by atoms with Crippen LogP contribution in [0.1, 0.15) is 60.5 Å². The summed E-state index contributed by atoms with van der Waals surface area (Å²) in [5.41, 5.74) is 4.79. The molecule has 0 aromatic heterocycles. The van der Waals surface area contributed by atoms with Crippen molar-refractivity contribution in [1.82, 2.24) is 0 Å². The summed E-state index contributed by atoms with van der Waals surface area (Å²) in [5.74, 6) is 0.557. The lowest BCUT2D eigenvalue weighted by Gasteiger charge is -2.40. The van der Waals surface area contributed by atoms with Gasteiger partial charge in [0.2, 0.25) is 0 Å². The summed E-state index contributed by atoms with van der Waals surface area (Å²) in [6.07, 6.45) is 5.99. The van der Waals surface area contributed by atoms with E-state index in [1.165, 1.54) is 6.07 Å². The Labute approximate surface area is 223 Å². The van der Waals surface area contributed by atoms with Gasteiger partial charge in [0.1, 0.15) is 17.3 Å². The summed E-state index contributed by atoms with van der Waals surface area (Å²) in [6, 6.07) is 17.4. The topological polar surface area (TPSA) is 54.0 Å². The molecular formula is C32H35FO5. The van der Waals surface area contributed by atoms with Crippen molar-refractivity contribution in [3.63, 3.8) is 0 Å². The maximum Gasteiger partial charge on any atom is 0.343 e. The molecule has 3 aromatic carbocycles. The van der Waals surface area contributed by atoms with Crippen molar-refractivity contribution in [2.24, 2.45) is 5.41 Å². The molecule has 0 amide bonds. The smallest absolute Gasteiger partial charge is 0.343 e. The molecule has 0 bridgehead atoms. The molecule has 38 heavy (non-hydrogen) atoms. The molecule has 0 unspecified atom stereocenters. The number of esters is 1. The lowest BCUT2D eigenvalue weighted by molar-refractivity contribution is -0.150. The van der Waals surface area contributed by atoms with Gasteiger partial charge in [0, 0.05) is 12.0 Å². The highest BCUT2D eigenvalue weighted by Crippen LogP contribution is 2.38. The van der Waals surface area contributed by atoms with Gasteiger partial charge in [0.25, 0.3) is 0 Å². The zero-order valence-electron chi connectivity index (χ0n) is 22.0. The number of unbranched alkanes of at least 4 members (excludes halogenated alkanes) is 3. The van der Waals surface area contributed by atoms with E-state index in [2.05, 4.69) is 6.92 Å². The molecule has 1 saturated heterocycles. The number of carbonyl (C=O) groups excluding carboxylic acids is 1. The Morgan fingerprint density at radius 1 is 0.868 bits per heavy atom. The maximum atomic E-state index is 13.6. The number of rotatable bonds is 13. The molecular weight excluding hydrogens is 483 g/mol. The van der Waals surface area contributed by atoms with Crippen LogP contribution in [0.4, 0.5) is 4.39 Å². The standard InChI is InChI=1S/C32H35FO5/c1-2-32(21-36-22-32)20-35-15-5-3-4-6-16-37-27-10-7-23(8-11-27)31(34)38-28-12-14-30-25(19-28)17-24-18-26(33)9-13-29(24)30/h7-14,18-19H,2-6,15-17,20-22H2,1H3. The Kier molecular flexibility index (Phi) is 8.40. The summed E-state index contributed by atoms with van der Waals surface area (Å²) in [7, 11) is 0. The Morgan fingerprint density at radius 3 is 2.26 bits per heavy atom. The average molecular weight is 519 g/mol. The first-order valence-corrected chi connectivity index (χ1v) is 13.6. The van der Waals surface area contributed by atoms with Crippen LogP contribution in [0.25, 0.3) is 11.1 Å². The van der Waals surface area contributed by atoms with Gasteiger partial charge >= 0.3 is 5.97 Å². The number of benzene rings is 3. The van der Waals surface area contributed by atoms with Crippen molar-refractivity contribution in [1.29, 1.82) is 0 Å². The van der Waals surface area contributed by atoms with Gasteiger partial charge in [-0.1, -0.05) is 25.5 Å². The van der Waals surface area contributed by atoms with E-state index in [9.17, 15) is 9.18 Å². The zero-order valence-corrected chi connectivity index (χ0v) is 22.0. The first-order chi connectivity index (χ1) is 18.5. The van der Waals surface area contributed by atoms with E-state index in [0.717, 1.165) is 86.5 Å². The van der Waals surface area contributed by atoms with Crippen LogP contribution in [0.3, 0.4) is 0 Å². The molecule has 0 radical (unpaired) electrons. The van der Waals surface area contributed by atoms with E-state index in [1.807, 2.05) is 12.1 Å². The van der Waals surface area contributed by atoms with Gasteiger partial charge in [-0.3, -0.25) is 0 Å². The fraction of sp³-hybridized carbons (Fsp3) is 0.406. The summed E-state index contributed by atoms with van der Waals surface area (Å²) in [6.45, 7) is 6.11. The van der Waals surface area contributed by atoms with E-state index >= 15 is 0 Å². The molecule has 3 aromatic rings. The minimum absolute atomic E-state index is 0.239. The highest BCUT2D eigenvalue weighted by molar-refractivity contribution is 5.91. The number of ether oxygens (including phenoxy) is 4. The molecule has 1 aliphatic heterocycles. The normalized spacial score (nSPS) is 14.9. The van der Waals surface area contributed by atoms with Crippen molar-refractivity contribution in [2.45, 2.75) is 45.4 Å². The second-order valence-corrected chi connectivity index (χ2v) is 10.4. The van der Waals surface area contributed by atoms with Gasteiger partial charge in [-0.2, -0.15) is 0 Å². The quantitative estimate of drug-likeness (QED) is 0.108. The summed E-state index contributed by atoms with van der Waals surface area (Å²) < 4.78 is 36.2. The molecule has 0 saturated carbocycles. The van der Waals surface area contributed by atoms with Gasteiger partial charge in [0.05, 0.1) is 32.0 Å². The number of fused-ring (bicyclic) bond motifs is 3. The predicted octanol–water partition coefficient (Wildman–Crippen LogP) is 7.00. The first kappa shape index (κ1) is 26.4. The van der Waals surface area contributed by atoms with Crippen LogP contribution in [-0.4, -0.2) is 39.0 Å². The third kappa shape index (κ3) is 6.25. The lowest BCUT2D eigenvalue weighted by atomic mass is 9.84. The van der Waals surface area contributed by atoms with Crippen LogP contribution in [0.15, 0.2) is 60.7 Å². The van der Waals surface area contributed by atoms with Crippen molar-refractivity contribution >= 4 is 5.97 Å². The summed E-state index contributed by atoms with van der Waals surface area (Å²) in [5, 5.41) is 0. The highest BCUT2D eigenvalue weighted by Gasteiger charge is 2.36. The van der Waals surface area contributed by atoms with Gasteiger partial charge in [0.15, 0.2) is 0 Å². The molecule has 5 nitrogen and oxygen atoms in total. The largest absolute Gasteiger partial charge is 0.494 e. The Bertz CT molecular complexity index is 1240. The number of halogens is 1. The van der Waals surface area contributed by atoms with Crippen molar-refractivity contribution in [3.05, 3.63) is 83.2 Å². The maximum absolute atomic E-state index is 13.6. The molecule has 1 fully saturated rings. The van der Waals surface area contributed by atoms with Crippen LogP contribution in [0.2, 0.25) is 0 Å². The van der Waals surface area contributed by atoms with E-state index in [0.29, 0.717) is 24.3 Å². The van der Waals surface area contributed by atoms with Gasteiger partial charge < -0.3 is 18.9 Å². The van der Waals surface area contributed by atoms with Crippen LogP contribution in [0, 0.1) is 11.2 Å². The van der Waals surface area contributed by atoms with Crippen molar-refractivity contribution < 1.29 is 28.1 Å². The molecule has 0 spiro atoms. The van der Waals surface area contributed by atoms with Gasteiger partial charge in [-0.15, -0.1) is 0 Å². The van der Waals surface area contributed by atoms with E-state index in [1.54, 1.807) is 42.5 Å². The molecule has 0 N–H and O–H groups in total. The van der Waals surface area contributed by atoms with Gasteiger partial charge in [-0.25, -0.2) is 9.18 Å². The molecule has 0 atom stereocenters. The number of hydrogen-bond donors (Lipinski definition) is 0. The molecule has 1 aliphatic carbocycles. The van der Waals surface area contributed by atoms with Crippen LogP contribution in [0.5, 0.6) is 11.5 Å². The molecule has 6 heteroatoms. The lowest BCUT2D eigenvalue weighted by Crippen LogP contribution is -2.45. The van der Waals surface area contributed by atoms with Crippen LogP contribution < -0.4 is 9.47 Å². The van der Waals surface area contributed by atoms with Crippen LogP contribution >= 0.6 is 0 Å². The third-order valence-electron chi connectivity index (χ3n) is 7.54. The predicted molar refractivity (Wildman–Crippen MR) is 144 cm³/mol. The highest BCUT2D eigenvalue weighted by atomic mass is 19.1. The zero-order chi connectivity index (χ0) is 26.4. The number of carbonyl (C=O) groups is 1. The first-order valence-electron chi connectivity index (χ1n) is 13.6. The van der Waals surface area contributed by atoms with E-state index < -0.39 is 5.97 Å². The summed E-state index contributed by atoms with van der Waals surface area (Å²) >= 11 is 0. The van der Waals surface area contributed by atoms with Crippen molar-refractivity contribution in [3.8, 4) is 22.6 Å². The fourth-order valence-electron chi connectivity index (χ4n) is 4.99. The Balaban J connectivity index is 0.997. The van der Waals surface area contributed by atoms with E-state index in [4.69, 9.17) is 18.9 Å². The molecule has 5 rings (SSSR count). The Morgan fingerprint density at radius 2 is 1.55 bits per heavy atom. The monoisotopic (exact) mass is 518 g/mol. The third-order valence-corrected chi connectivity index (χ3v) is 7.54. The van der Waals surface area contributed by atoms with Crippen molar-refractivity contribution in [2.75, 3.05) is 33.0 Å². The minimum atomic E-state index is -0.421.